The molecule has 136 valence electrons. The third-order valence-corrected chi connectivity index (χ3v) is 3.82. The Balaban J connectivity index is 2.15. The molecule has 2 unspecified atom stereocenters. The van der Waals surface area contributed by atoms with Crippen LogP contribution in [0.15, 0.2) is 29.4 Å². The van der Waals surface area contributed by atoms with Gasteiger partial charge in [-0.05, 0) is 29.5 Å². The molecule has 0 aromatic heterocycles. The highest BCUT2D eigenvalue weighted by Gasteiger charge is 2.37. The Morgan fingerprint density at radius 3 is 2.76 bits per heavy atom. The third kappa shape index (κ3) is 5.03. The molecule has 1 fully saturated rings. The molecule has 1 amide bonds. The lowest BCUT2D eigenvalue weighted by molar-refractivity contribution is -0.137. The number of amides is 1. The van der Waals surface area contributed by atoms with Crippen LogP contribution in [0, 0.1) is 5.92 Å². The topological polar surface area (TPSA) is 78.3 Å². The third-order valence-electron chi connectivity index (χ3n) is 3.82. The van der Waals surface area contributed by atoms with E-state index >= 15 is 0 Å². The Bertz CT molecular complexity index is 672. The lowest BCUT2D eigenvalue weighted by Gasteiger charge is -2.18. The van der Waals surface area contributed by atoms with E-state index in [0.717, 1.165) is 12.1 Å². The molecule has 2 rings (SSSR count). The van der Waals surface area contributed by atoms with Gasteiger partial charge < -0.3 is 9.64 Å². The van der Waals surface area contributed by atoms with E-state index in [1.165, 1.54) is 17.0 Å². The average Bonchev–Trinajstić information content (AvgIpc) is 2.86. The van der Waals surface area contributed by atoms with Gasteiger partial charge in [-0.2, -0.15) is 13.2 Å². The minimum atomic E-state index is -4.45. The summed E-state index contributed by atoms with van der Waals surface area (Å²) in [4.78, 5) is 16.2. The molecule has 1 saturated heterocycles. The Hall–Kier alpha value is -2.41. The lowest BCUT2D eigenvalue weighted by atomic mass is 10.00. The first kappa shape index (κ1) is 18.9. The van der Waals surface area contributed by atoms with E-state index in [1.54, 1.807) is 0 Å². The first-order valence-electron chi connectivity index (χ1n) is 7.86. The van der Waals surface area contributed by atoms with E-state index < -0.39 is 30.0 Å². The molecule has 0 bridgehead atoms. The van der Waals surface area contributed by atoms with E-state index in [2.05, 4.69) is 10.0 Å². The molecule has 1 heterocycles. The van der Waals surface area contributed by atoms with Crippen molar-refractivity contribution in [2.75, 3.05) is 13.1 Å². The number of alkyl halides is 3. The minimum Gasteiger partial charge on any atom is -0.444 e. The summed E-state index contributed by atoms with van der Waals surface area (Å²) >= 11 is 0. The quantitative estimate of drug-likeness (QED) is 0.430. The van der Waals surface area contributed by atoms with Gasteiger partial charge in [0.25, 0.3) is 0 Å². The van der Waals surface area contributed by atoms with Crippen molar-refractivity contribution < 1.29 is 22.7 Å². The first-order valence-corrected chi connectivity index (χ1v) is 7.86. The van der Waals surface area contributed by atoms with Gasteiger partial charge in [-0.15, -0.1) is 0 Å². The number of carbonyl (C=O) groups excluding carboxylic acids is 1. The fourth-order valence-electron chi connectivity index (χ4n) is 2.75. The molecular formula is C16H19F3N4O2. The predicted molar refractivity (Wildman–Crippen MR) is 84.8 cm³/mol. The van der Waals surface area contributed by atoms with Crippen molar-refractivity contribution in [3.63, 3.8) is 0 Å². The summed E-state index contributed by atoms with van der Waals surface area (Å²) in [5.41, 5.74) is 8.36. The number of cyclic esters (lactones) is 1. The van der Waals surface area contributed by atoms with Crippen molar-refractivity contribution in [1.29, 1.82) is 0 Å². The summed E-state index contributed by atoms with van der Waals surface area (Å²) < 4.78 is 43.7. The molecule has 2 atom stereocenters. The normalized spacial score (nSPS) is 18.9. The van der Waals surface area contributed by atoms with Gasteiger partial charge in [0.1, 0.15) is 6.10 Å². The van der Waals surface area contributed by atoms with Crippen molar-refractivity contribution >= 4 is 6.09 Å². The van der Waals surface area contributed by atoms with Gasteiger partial charge in [0, 0.05) is 11.5 Å². The maximum Gasteiger partial charge on any atom is 0.416 e. The van der Waals surface area contributed by atoms with E-state index in [9.17, 15) is 18.0 Å². The fourth-order valence-corrected chi connectivity index (χ4v) is 2.75. The van der Waals surface area contributed by atoms with Crippen LogP contribution in [-0.4, -0.2) is 36.2 Å². The molecule has 1 aromatic rings. The second-order valence-electron chi connectivity index (χ2n) is 6.40. The van der Waals surface area contributed by atoms with Crippen LogP contribution in [0.1, 0.15) is 25.0 Å². The number of carbonyl (C=O) groups is 1. The van der Waals surface area contributed by atoms with E-state index in [-0.39, 0.29) is 18.9 Å². The Morgan fingerprint density at radius 2 is 2.16 bits per heavy atom. The molecule has 1 aromatic carbocycles. The van der Waals surface area contributed by atoms with Gasteiger partial charge >= 0.3 is 12.3 Å². The van der Waals surface area contributed by atoms with E-state index in [1.807, 2.05) is 13.8 Å². The summed E-state index contributed by atoms with van der Waals surface area (Å²) in [5, 5.41) is 3.64. The molecule has 0 radical (unpaired) electrons. The second-order valence-corrected chi connectivity index (χ2v) is 6.40. The van der Waals surface area contributed by atoms with Gasteiger partial charge in [-0.3, -0.25) is 0 Å². The molecular weight excluding hydrogens is 337 g/mol. The largest absolute Gasteiger partial charge is 0.444 e. The Kier molecular flexibility index (Phi) is 5.79. The van der Waals surface area contributed by atoms with Crippen molar-refractivity contribution in [3.05, 3.63) is 45.8 Å². The molecule has 0 spiro atoms. The summed E-state index contributed by atoms with van der Waals surface area (Å²) in [6.07, 6.45) is -5.57. The summed E-state index contributed by atoms with van der Waals surface area (Å²) in [7, 11) is 0. The first-order chi connectivity index (χ1) is 11.7. The molecule has 25 heavy (non-hydrogen) atoms. The maximum absolute atomic E-state index is 12.8. The highest BCUT2D eigenvalue weighted by atomic mass is 19.4. The van der Waals surface area contributed by atoms with Crippen molar-refractivity contribution in [3.8, 4) is 0 Å². The van der Waals surface area contributed by atoms with Crippen LogP contribution in [-0.2, 0) is 17.3 Å². The molecule has 6 nitrogen and oxygen atoms in total. The van der Waals surface area contributed by atoms with Gasteiger partial charge in [0.2, 0.25) is 0 Å². The van der Waals surface area contributed by atoms with Crippen LogP contribution in [0.25, 0.3) is 10.4 Å². The van der Waals surface area contributed by atoms with E-state index in [4.69, 9.17) is 10.3 Å². The number of halogens is 3. The summed E-state index contributed by atoms with van der Waals surface area (Å²) in [6, 6.07) is 4.05. The fraction of sp³-hybridized carbons (Fsp3) is 0.562. The molecule has 9 heteroatoms. The zero-order valence-corrected chi connectivity index (χ0v) is 13.9. The van der Waals surface area contributed by atoms with Crippen LogP contribution >= 0.6 is 0 Å². The SMILES string of the molecule is CC(C)CN1CC(C(Cc2cccc(C(F)(F)F)c2)N=[N+]=[N-])OC1=O. The molecule has 0 aliphatic carbocycles. The summed E-state index contributed by atoms with van der Waals surface area (Å²) in [6.45, 7) is 4.66. The van der Waals surface area contributed by atoms with Crippen molar-refractivity contribution in [2.45, 2.75) is 38.6 Å². The van der Waals surface area contributed by atoms with Crippen LogP contribution in [0.2, 0.25) is 0 Å². The van der Waals surface area contributed by atoms with Gasteiger partial charge in [-0.25, -0.2) is 4.79 Å². The number of hydrogen-bond donors (Lipinski definition) is 0. The Morgan fingerprint density at radius 1 is 1.44 bits per heavy atom. The van der Waals surface area contributed by atoms with Crippen molar-refractivity contribution in [1.82, 2.24) is 4.90 Å². The molecule has 0 N–H and O–H groups in total. The lowest BCUT2D eigenvalue weighted by Crippen LogP contribution is -2.33. The number of azide groups is 1. The average molecular weight is 356 g/mol. The smallest absolute Gasteiger partial charge is 0.416 e. The van der Waals surface area contributed by atoms with Gasteiger partial charge in [0.05, 0.1) is 18.2 Å². The van der Waals surface area contributed by atoms with Crippen LogP contribution < -0.4 is 0 Å². The van der Waals surface area contributed by atoms with Gasteiger partial charge in [-0.1, -0.05) is 37.2 Å². The predicted octanol–water partition coefficient (Wildman–Crippen LogP) is 4.40. The Labute approximate surface area is 143 Å². The monoisotopic (exact) mass is 356 g/mol. The number of ether oxygens (including phenoxy) is 1. The van der Waals surface area contributed by atoms with Crippen molar-refractivity contribution in [2.24, 2.45) is 11.0 Å². The zero-order chi connectivity index (χ0) is 18.6. The van der Waals surface area contributed by atoms with Crippen LogP contribution in [0.3, 0.4) is 0 Å². The number of benzene rings is 1. The highest BCUT2D eigenvalue weighted by molar-refractivity contribution is 5.70. The van der Waals surface area contributed by atoms with Gasteiger partial charge in [0.15, 0.2) is 0 Å². The van der Waals surface area contributed by atoms with E-state index in [0.29, 0.717) is 12.1 Å². The summed E-state index contributed by atoms with van der Waals surface area (Å²) in [5.74, 6) is 0.243. The molecule has 0 saturated carbocycles. The number of hydrogen-bond acceptors (Lipinski definition) is 3. The number of rotatable bonds is 6. The standard InChI is InChI=1S/C16H19F3N4O2/c1-10(2)8-23-9-14(25-15(23)24)13(21-22-20)7-11-4-3-5-12(6-11)16(17,18)19/h3-6,10,13-14H,7-9H2,1-2H3. The van der Waals surface area contributed by atoms with Crippen LogP contribution in [0.5, 0.6) is 0 Å². The highest BCUT2D eigenvalue weighted by Crippen LogP contribution is 2.30. The second kappa shape index (κ2) is 7.65. The molecule has 1 aliphatic heterocycles. The minimum absolute atomic E-state index is 0.0570. The number of nitrogens with zero attached hydrogens (tertiary/aromatic N) is 4. The molecule has 1 aliphatic rings. The maximum atomic E-state index is 12.8. The van der Waals surface area contributed by atoms with Crippen LogP contribution in [0.4, 0.5) is 18.0 Å². The zero-order valence-electron chi connectivity index (χ0n) is 13.9.